The van der Waals surface area contributed by atoms with Gasteiger partial charge in [0.15, 0.2) is 4.96 Å². The van der Waals surface area contributed by atoms with Crippen LogP contribution < -0.4 is 16.3 Å². The molecular weight excluding hydrogens is 406 g/mol. The predicted octanol–water partition coefficient (Wildman–Crippen LogP) is 4.36. The van der Waals surface area contributed by atoms with E-state index in [1.165, 1.54) is 0 Å². The molecule has 4 N–H and O–H groups in total. The van der Waals surface area contributed by atoms with Crippen LogP contribution in [-0.2, 0) is 6.54 Å². The molecule has 4 aromatic rings. The zero-order chi connectivity index (χ0) is 20.4. The Bertz CT molecular complexity index is 1150. The van der Waals surface area contributed by atoms with Gasteiger partial charge in [-0.2, -0.15) is 0 Å². The van der Waals surface area contributed by atoms with Crippen LogP contribution in [0, 0.1) is 0 Å². The molecule has 2 aromatic carbocycles. The zero-order valence-corrected chi connectivity index (χ0v) is 17.3. The predicted molar refractivity (Wildman–Crippen MR) is 118 cm³/mol. The minimum Gasteiger partial charge on any atom is -0.497 e. The summed E-state index contributed by atoms with van der Waals surface area (Å²) >= 11 is 7.58. The van der Waals surface area contributed by atoms with Crippen molar-refractivity contribution in [2.75, 3.05) is 7.11 Å². The van der Waals surface area contributed by atoms with E-state index in [1.807, 2.05) is 64.5 Å². The van der Waals surface area contributed by atoms with Crippen LogP contribution in [0.1, 0.15) is 11.3 Å². The van der Waals surface area contributed by atoms with Crippen LogP contribution in [-0.4, -0.2) is 21.5 Å². The van der Waals surface area contributed by atoms with Crippen molar-refractivity contribution in [2.45, 2.75) is 6.54 Å². The quantitative estimate of drug-likeness (QED) is 0.354. The highest BCUT2D eigenvalue weighted by molar-refractivity contribution is 7.15. The largest absolute Gasteiger partial charge is 0.497 e. The maximum absolute atomic E-state index is 6.47. The van der Waals surface area contributed by atoms with Gasteiger partial charge in [-0.15, -0.1) is 11.3 Å². The van der Waals surface area contributed by atoms with Gasteiger partial charge >= 0.3 is 0 Å². The van der Waals surface area contributed by atoms with Crippen molar-refractivity contribution in [3.63, 3.8) is 0 Å². The lowest BCUT2D eigenvalue weighted by atomic mass is 10.1. The first kappa shape index (κ1) is 19.3. The smallest absolute Gasteiger partial charge is 0.194 e. The van der Waals surface area contributed by atoms with Crippen LogP contribution in [0.5, 0.6) is 5.75 Å². The number of halogens is 1. The fourth-order valence-corrected chi connectivity index (χ4v) is 3.94. The van der Waals surface area contributed by atoms with Gasteiger partial charge in [-0.3, -0.25) is 4.40 Å². The van der Waals surface area contributed by atoms with Crippen LogP contribution in [0.3, 0.4) is 0 Å². The molecule has 0 saturated heterocycles. The van der Waals surface area contributed by atoms with Gasteiger partial charge in [0.25, 0.3) is 0 Å². The number of benzene rings is 2. The van der Waals surface area contributed by atoms with E-state index in [4.69, 9.17) is 32.9 Å². The maximum Gasteiger partial charge on any atom is 0.194 e. The number of nitrogens with two attached hydrogens (primary N) is 2. The summed E-state index contributed by atoms with van der Waals surface area (Å²) in [6.45, 7) is 0.507. The van der Waals surface area contributed by atoms with Crippen molar-refractivity contribution in [2.24, 2.45) is 11.6 Å². The summed E-state index contributed by atoms with van der Waals surface area (Å²) < 4.78 is 7.16. The molecule has 0 aliphatic heterocycles. The SMILES string of the molecule is COc1ccc(CN(N)/C=C(\N)c2c(-c3ccc(Cl)cc3)nc3sccn23)cc1. The van der Waals surface area contributed by atoms with Crippen molar-refractivity contribution in [1.82, 2.24) is 14.4 Å². The highest BCUT2D eigenvalue weighted by Gasteiger charge is 2.17. The van der Waals surface area contributed by atoms with E-state index in [0.717, 1.165) is 33.2 Å². The molecule has 0 saturated carbocycles. The molecule has 148 valence electrons. The molecule has 0 aliphatic rings. The summed E-state index contributed by atoms with van der Waals surface area (Å²) in [5, 5.41) is 4.21. The molecule has 8 heteroatoms. The second-order valence-corrected chi connectivity index (χ2v) is 7.79. The van der Waals surface area contributed by atoms with Crippen LogP contribution in [0.15, 0.2) is 66.3 Å². The number of fused-ring (bicyclic) bond motifs is 1. The van der Waals surface area contributed by atoms with Gasteiger partial charge in [0.05, 0.1) is 30.7 Å². The van der Waals surface area contributed by atoms with E-state index in [-0.39, 0.29) is 0 Å². The summed E-state index contributed by atoms with van der Waals surface area (Å²) in [6.07, 6.45) is 3.68. The fourth-order valence-electron chi connectivity index (χ4n) is 3.10. The maximum atomic E-state index is 6.47. The lowest BCUT2D eigenvalue weighted by Gasteiger charge is -2.16. The Morgan fingerprint density at radius 2 is 1.93 bits per heavy atom. The second kappa shape index (κ2) is 8.16. The van der Waals surface area contributed by atoms with E-state index in [1.54, 1.807) is 29.7 Å². The van der Waals surface area contributed by atoms with Crippen LogP contribution in [0.2, 0.25) is 5.02 Å². The van der Waals surface area contributed by atoms with E-state index >= 15 is 0 Å². The number of imidazole rings is 1. The zero-order valence-electron chi connectivity index (χ0n) is 15.7. The highest BCUT2D eigenvalue weighted by atomic mass is 35.5. The van der Waals surface area contributed by atoms with Gasteiger partial charge in [0.2, 0.25) is 0 Å². The molecule has 29 heavy (non-hydrogen) atoms. The summed E-state index contributed by atoms with van der Waals surface area (Å²) in [4.78, 5) is 5.61. The Kier molecular flexibility index (Phi) is 5.44. The molecule has 6 nitrogen and oxygen atoms in total. The van der Waals surface area contributed by atoms with E-state index in [0.29, 0.717) is 17.3 Å². The number of methoxy groups -OCH3 is 1. The molecule has 0 aliphatic carbocycles. The average Bonchev–Trinajstić information content (AvgIpc) is 3.30. The third kappa shape index (κ3) is 4.07. The first-order chi connectivity index (χ1) is 14.0. The number of nitrogens with zero attached hydrogens (tertiary/aromatic N) is 3. The van der Waals surface area contributed by atoms with Gasteiger partial charge < -0.3 is 15.5 Å². The molecule has 0 radical (unpaired) electrons. The number of rotatable bonds is 6. The number of aromatic nitrogens is 2. The Hall–Kier alpha value is -3.00. The topological polar surface area (TPSA) is 81.8 Å². The fraction of sp³-hybridized carbons (Fsp3) is 0.0952. The molecule has 4 rings (SSSR count). The van der Waals surface area contributed by atoms with Gasteiger partial charge in [-0.25, -0.2) is 10.8 Å². The third-order valence-electron chi connectivity index (χ3n) is 4.48. The summed E-state index contributed by atoms with van der Waals surface area (Å²) in [7, 11) is 1.64. The van der Waals surface area contributed by atoms with E-state index in [2.05, 4.69) is 0 Å². The van der Waals surface area contributed by atoms with Crippen molar-refractivity contribution < 1.29 is 4.74 Å². The van der Waals surface area contributed by atoms with Crippen molar-refractivity contribution in [1.29, 1.82) is 0 Å². The molecule has 2 heterocycles. The summed E-state index contributed by atoms with van der Waals surface area (Å²) in [6, 6.07) is 15.3. The second-order valence-electron chi connectivity index (χ2n) is 6.48. The third-order valence-corrected chi connectivity index (χ3v) is 5.49. The van der Waals surface area contributed by atoms with Gasteiger partial charge in [-0.05, 0) is 29.8 Å². The minimum atomic E-state index is 0.507. The Labute approximate surface area is 177 Å². The Morgan fingerprint density at radius 1 is 1.21 bits per heavy atom. The molecule has 0 spiro atoms. The standard InChI is InChI=1S/C21H20ClN5OS/c1-28-17-8-2-14(3-9-17)12-26(24)13-18(23)20-19(15-4-6-16(22)7-5-15)25-21-27(20)10-11-29-21/h2-11,13H,12,23-24H2,1H3/b18-13-. The molecule has 0 atom stereocenters. The summed E-state index contributed by atoms with van der Waals surface area (Å²) in [5.74, 6) is 7.02. The van der Waals surface area contributed by atoms with Gasteiger partial charge in [0.1, 0.15) is 5.75 Å². The first-order valence-electron chi connectivity index (χ1n) is 8.88. The highest BCUT2D eigenvalue weighted by Crippen LogP contribution is 2.30. The monoisotopic (exact) mass is 425 g/mol. The Balaban J connectivity index is 1.66. The summed E-state index contributed by atoms with van der Waals surface area (Å²) in [5.41, 5.74) is 10.6. The number of hydrogen-bond donors (Lipinski definition) is 2. The van der Waals surface area contributed by atoms with Crippen LogP contribution >= 0.6 is 22.9 Å². The number of hydrogen-bond acceptors (Lipinski definition) is 6. The van der Waals surface area contributed by atoms with Crippen LogP contribution in [0.4, 0.5) is 0 Å². The van der Waals surface area contributed by atoms with E-state index in [9.17, 15) is 0 Å². The van der Waals surface area contributed by atoms with E-state index < -0.39 is 0 Å². The lowest BCUT2D eigenvalue weighted by Crippen LogP contribution is -2.25. The molecule has 0 amide bonds. The molecule has 2 aromatic heterocycles. The molecular formula is C21H20ClN5OS. The lowest BCUT2D eigenvalue weighted by molar-refractivity contribution is 0.386. The molecule has 0 unspecified atom stereocenters. The molecule has 0 fully saturated rings. The number of ether oxygens (including phenoxy) is 1. The number of thiazole rings is 1. The molecule has 0 bridgehead atoms. The van der Waals surface area contributed by atoms with Crippen LogP contribution in [0.25, 0.3) is 21.9 Å². The van der Waals surface area contributed by atoms with Crippen molar-refractivity contribution >= 4 is 33.6 Å². The normalized spacial score (nSPS) is 11.8. The number of hydrazine groups is 1. The average molecular weight is 426 g/mol. The minimum absolute atomic E-state index is 0.507. The van der Waals surface area contributed by atoms with Crippen molar-refractivity contribution in [3.05, 3.63) is 82.6 Å². The Morgan fingerprint density at radius 3 is 2.62 bits per heavy atom. The van der Waals surface area contributed by atoms with Crippen molar-refractivity contribution in [3.8, 4) is 17.0 Å². The van der Waals surface area contributed by atoms with Gasteiger partial charge in [-0.1, -0.05) is 35.9 Å². The first-order valence-corrected chi connectivity index (χ1v) is 10.1. The van der Waals surface area contributed by atoms with Gasteiger partial charge in [0, 0.05) is 28.4 Å².